The van der Waals surface area contributed by atoms with Crippen molar-refractivity contribution in [3.05, 3.63) is 63.3 Å². The summed E-state index contributed by atoms with van der Waals surface area (Å²) < 4.78 is 5.49. The van der Waals surface area contributed by atoms with Crippen LogP contribution in [0.3, 0.4) is 0 Å². The van der Waals surface area contributed by atoms with Gasteiger partial charge in [-0.25, -0.2) is 4.98 Å². The molecule has 0 spiro atoms. The van der Waals surface area contributed by atoms with Gasteiger partial charge in [0.25, 0.3) is 5.91 Å². The van der Waals surface area contributed by atoms with Crippen molar-refractivity contribution in [2.75, 3.05) is 32.8 Å². The van der Waals surface area contributed by atoms with Crippen molar-refractivity contribution in [3.63, 3.8) is 0 Å². The second kappa shape index (κ2) is 8.96. The van der Waals surface area contributed by atoms with Crippen LogP contribution >= 0.6 is 22.7 Å². The molecule has 7 heteroatoms. The number of hydrogen-bond donors (Lipinski definition) is 1. The van der Waals surface area contributed by atoms with E-state index < -0.39 is 0 Å². The van der Waals surface area contributed by atoms with Crippen LogP contribution in [0.2, 0.25) is 0 Å². The monoisotopic (exact) mass is 413 g/mol. The van der Waals surface area contributed by atoms with Crippen LogP contribution in [0.5, 0.6) is 0 Å². The van der Waals surface area contributed by atoms with Crippen LogP contribution in [0, 0.1) is 6.92 Å². The summed E-state index contributed by atoms with van der Waals surface area (Å²) in [4.78, 5) is 21.8. The average Bonchev–Trinajstić information content (AvgIpc) is 3.40. The van der Waals surface area contributed by atoms with Crippen molar-refractivity contribution >= 4 is 28.6 Å². The van der Waals surface area contributed by atoms with Crippen LogP contribution in [0.15, 0.2) is 47.8 Å². The van der Waals surface area contributed by atoms with E-state index in [1.54, 1.807) is 11.3 Å². The molecule has 0 radical (unpaired) electrons. The van der Waals surface area contributed by atoms with Crippen molar-refractivity contribution in [3.8, 4) is 10.6 Å². The number of aromatic nitrogens is 1. The molecule has 2 aromatic heterocycles. The third-order valence-corrected chi connectivity index (χ3v) is 7.02. The Morgan fingerprint density at radius 1 is 1.21 bits per heavy atom. The Bertz CT molecular complexity index is 903. The summed E-state index contributed by atoms with van der Waals surface area (Å²) >= 11 is 3.18. The van der Waals surface area contributed by atoms with Crippen molar-refractivity contribution in [2.45, 2.75) is 13.0 Å². The zero-order valence-electron chi connectivity index (χ0n) is 15.8. The molecule has 1 aliphatic rings. The second-order valence-electron chi connectivity index (χ2n) is 6.69. The van der Waals surface area contributed by atoms with Crippen molar-refractivity contribution in [2.24, 2.45) is 0 Å². The molecule has 1 fully saturated rings. The summed E-state index contributed by atoms with van der Waals surface area (Å²) in [5, 5.41) is 6.11. The predicted molar refractivity (Wildman–Crippen MR) is 114 cm³/mol. The zero-order chi connectivity index (χ0) is 19.3. The van der Waals surface area contributed by atoms with E-state index in [2.05, 4.69) is 32.7 Å². The van der Waals surface area contributed by atoms with Gasteiger partial charge < -0.3 is 10.1 Å². The molecule has 1 amide bonds. The molecule has 146 valence electrons. The minimum Gasteiger partial charge on any atom is -0.379 e. The Kier molecular flexibility index (Phi) is 6.17. The SMILES string of the molecule is Cc1nc(-c2ccccc2)sc1C(=O)NC[C@H](c1cccs1)N1CCOCC1. The molecule has 28 heavy (non-hydrogen) atoms. The number of nitrogens with one attached hydrogen (secondary N) is 1. The summed E-state index contributed by atoms with van der Waals surface area (Å²) in [6, 6.07) is 14.4. The summed E-state index contributed by atoms with van der Waals surface area (Å²) in [5.74, 6) is -0.0491. The van der Waals surface area contributed by atoms with Crippen LogP contribution in [-0.2, 0) is 4.74 Å². The van der Waals surface area contributed by atoms with Crippen molar-refractivity contribution in [1.29, 1.82) is 0 Å². The first-order chi connectivity index (χ1) is 13.7. The maximum atomic E-state index is 12.9. The molecule has 1 aliphatic heterocycles. The lowest BCUT2D eigenvalue weighted by Crippen LogP contribution is -2.43. The first-order valence-corrected chi connectivity index (χ1v) is 11.1. The molecule has 1 saturated heterocycles. The van der Waals surface area contributed by atoms with E-state index in [0.717, 1.165) is 42.6 Å². The Morgan fingerprint density at radius 2 is 2.00 bits per heavy atom. The topological polar surface area (TPSA) is 54.5 Å². The normalized spacial score (nSPS) is 16.0. The molecule has 3 aromatic rings. The highest BCUT2D eigenvalue weighted by molar-refractivity contribution is 7.17. The number of hydrogen-bond acceptors (Lipinski definition) is 6. The zero-order valence-corrected chi connectivity index (χ0v) is 17.4. The maximum Gasteiger partial charge on any atom is 0.263 e. The Hall–Kier alpha value is -2.06. The van der Waals surface area contributed by atoms with Crippen LogP contribution in [0.4, 0.5) is 0 Å². The lowest BCUT2D eigenvalue weighted by molar-refractivity contribution is 0.0169. The highest BCUT2D eigenvalue weighted by Crippen LogP contribution is 2.29. The summed E-state index contributed by atoms with van der Waals surface area (Å²) in [7, 11) is 0. The lowest BCUT2D eigenvalue weighted by atomic mass is 10.2. The molecule has 1 aromatic carbocycles. The fraction of sp³-hybridized carbons (Fsp3) is 0.333. The van der Waals surface area contributed by atoms with Gasteiger partial charge in [-0.3, -0.25) is 9.69 Å². The number of thiazole rings is 1. The van der Waals surface area contributed by atoms with Crippen LogP contribution < -0.4 is 5.32 Å². The Morgan fingerprint density at radius 3 is 2.71 bits per heavy atom. The number of carbonyl (C=O) groups is 1. The molecule has 5 nitrogen and oxygen atoms in total. The predicted octanol–water partition coefficient (Wildman–Crippen LogP) is 3.98. The molecule has 0 saturated carbocycles. The van der Waals surface area contributed by atoms with E-state index in [9.17, 15) is 4.79 Å². The minimum atomic E-state index is -0.0491. The summed E-state index contributed by atoms with van der Waals surface area (Å²) in [6.07, 6.45) is 0. The smallest absolute Gasteiger partial charge is 0.263 e. The quantitative estimate of drug-likeness (QED) is 0.664. The molecule has 0 unspecified atom stereocenters. The van der Waals surface area contributed by atoms with Crippen LogP contribution in [0.1, 0.15) is 26.3 Å². The van der Waals surface area contributed by atoms with Crippen molar-refractivity contribution < 1.29 is 9.53 Å². The van der Waals surface area contributed by atoms with Crippen molar-refractivity contribution in [1.82, 2.24) is 15.2 Å². The van der Waals surface area contributed by atoms with E-state index in [1.165, 1.54) is 16.2 Å². The van der Waals surface area contributed by atoms with E-state index in [0.29, 0.717) is 11.4 Å². The van der Waals surface area contributed by atoms with E-state index >= 15 is 0 Å². The van der Waals surface area contributed by atoms with Gasteiger partial charge in [-0.15, -0.1) is 22.7 Å². The number of nitrogens with zero attached hydrogens (tertiary/aromatic N) is 2. The second-order valence-corrected chi connectivity index (χ2v) is 8.67. The third-order valence-electron chi connectivity index (χ3n) is 4.84. The fourth-order valence-electron chi connectivity index (χ4n) is 3.36. The van der Waals surface area contributed by atoms with Gasteiger partial charge in [0, 0.05) is 30.1 Å². The molecular formula is C21H23N3O2S2. The van der Waals surface area contributed by atoms with Gasteiger partial charge in [-0.05, 0) is 18.4 Å². The summed E-state index contributed by atoms with van der Waals surface area (Å²) in [6.45, 7) is 5.73. The first-order valence-electron chi connectivity index (χ1n) is 9.38. The van der Waals surface area contributed by atoms with Gasteiger partial charge in [0.15, 0.2) is 0 Å². The Balaban J connectivity index is 1.47. The van der Waals surface area contributed by atoms with Gasteiger partial charge in [-0.2, -0.15) is 0 Å². The minimum absolute atomic E-state index is 0.0491. The number of morpholine rings is 1. The van der Waals surface area contributed by atoms with E-state index in [1.807, 2.05) is 37.3 Å². The lowest BCUT2D eigenvalue weighted by Gasteiger charge is -2.34. The highest BCUT2D eigenvalue weighted by atomic mass is 32.1. The van der Waals surface area contributed by atoms with E-state index in [-0.39, 0.29) is 11.9 Å². The van der Waals surface area contributed by atoms with Crippen LogP contribution in [0.25, 0.3) is 10.6 Å². The molecule has 4 rings (SSSR count). The maximum absolute atomic E-state index is 12.9. The number of ether oxygens (including phenoxy) is 1. The van der Waals surface area contributed by atoms with Crippen LogP contribution in [-0.4, -0.2) is 48.6 Å². The third kappa shape index (κ3) is 4.33. The number of thiophene rings is 1. The first kappa shape index (κ1) is 19.3. The number of carbonyl (C=O) groups excluding carboxylic acids is 1. The van der Waals surface area contributed by atoms with Gasteiger partial charge in [0.1, 0.15) is 9.88 Å². The number of amides is 1. The molecule has 0 bridgehead atoms. The largest absolute Gasteiger partial charge is 0.379 e. The molecule has 1 N–H and O–H groups in total. The highest BCUT2D eigenvalue weighted by Gasteiger charge is 2.25. The Labute approximate surface area is 173 Å². The fourth-order valence-corrected chi connectivity index (χ4v) is 5.21. The average molecular weight is 414 g/mol. The number of rotatable bonds is 6. The van der Waals surface area contributed by atoms with Gasteiger partial charge >= 0.3 is 0 Å². The van der Waals surface area contributed by atoms with E-state index in [4.69, 9.17) is 4.74 Å². The van der Waals surface area contributed by atoms with Gasteiger partial charge in [0.2, 0.25) is 0 Å². The van der Waals surface area contributed by atoms with Gasteiger partial charge in [0.05, 0.1) is 24.9 Å². The summed E-state index contributed by atoms with van der Waals surface area (Å²) in [5.41, 5.74) is 1.82. The molecule has 1 atom stereocenters. The van der Waals surface area contributed by atoms with Gasteiger partial charge in [-0.1, -0.05) is 36.4 Å². The molecule has 0 aliphatic carbocycles. The molecule has 3 heterocycles. The standard InChI is InChI=1S/C21H23N3O2S2/c1-15-19(28-21(23-15)16-6-3-2-4-7-16)20(25)22-14-17(18-8-5-13-27-18)24-9-11-26-12-10-24/h2-8,13,17H,9-12,14H2,1H3,(H,22,25)/t17-/m1/s1. The molecular weight excluding hydrogens is 390 g/mol. The number of aryl methyl sites for hydroxylation is 1. The number of benzene rings is 1.